The zero-order valence-electron chi connectivity index (χ0n) is 44.1. The van der Waals surface area contributed by atoms with Crippen molar-refractivity contribution in [2.24, 2.45) is 0 Å². The summed E-state index contributed by atoms with van der Waals surface area (Å²) in [5, 5.41) is 10.1. The number of halogens is 2. The van der Waals surface area contributed by atoms with Gasteiger partial charge in [0.1, 0.15) is 26.2 Å². The molecule has 0 amide bonds. The van der Waals surface area contributed by atoms with Gasteiger partial charge in [-0.25, -0.2) is 4.79 Å². The van der Waals surface area contributed by atoms with Crippen LogP contribution in [0.4, 0.5) is 0 Å². The average Bonchev–Trinajstić information content (AvgIpc) is 3.88. The Morgan fingerprint density at radius 2 is 0.716 bits per heavy atom. The number of hydrogen-bond acceptors (Lipinski definition) is 4. The minimum atomic E-state index is -0.173. The third-order valence-electron chi connectivity index (χ3n) is 13.7. The second kappa shape index (κ2) is 41.7. The van der Waals surface area contributed by atoms with Gasteiger partial charge in [-0.05, 0) is 84.0 Å². The first kappa shape index (κ1) is 62.9. The summed E-state index contributed by atoms with van der Waals surface area (Å²) in [6.45, 7) is 16.0. The molecule has 0 fully saturated rings. The Labute approximate surface area is 431 Å². The second-order valence-electron chi connectivity index (χ2n) is 19.8. The third kappa shape index (κ3) is 27.8. The van der Waals surface area contributed by atoms with Crippen molar-refractivity contribution in [1.29, 1.82) is 0 Å². The molecule has 3 aromatic heterocycles. The summed E-state index contributed by atoms with van der Waals surface area (Å²) in [5.41, 5.74) is 3.20. The van der Waals surface area contributed by atoms with Gasteiger partial charge in [0.2, 0.25) is 0 Å². The molecule has 3 aromatic rings. The molecule has 3 heterocycles. The van der Waals surface area contributed by atoms with E-state index in [9.17, 15) is 9.59 Å². The van der Waals surface area contributed by atoms with Crippen molar-refractivity contribution < 1.29 is 43.3 Å². The first-order valence-corrected chi connectivity index (χ1v) is 28.2. The van der Waals surface area contributed by atoms with Crippen LogP contribution < -0.4 is 54.6 Å². The van der Waals surface area contributed by atoms with Gasteiger partial charge >= 0.3 is 5.69 Å². The van der Waals surface area contributed by atoms with E-state index >= 15 is 0 Å². The molecule has 0 saturated carbocycles. The number of aromatic nitrogens is 8. The van der Waals surface area contributed by atoms with Crippen LogP contribution >= 0.6 is 0 Å². The van der Waals surface area contributed by atoms with Crippen molar-refractivity contribution in [3.05, 3.63) is 56.4 Å². The predicted octanol–water partition coefficient (Wildman–Crippen LogP) is 7.12. The normalized spacial score (nSPS) is 11.4. The number of hydrogen-bond donors (Lipinski definition) is 0. The molecule has 0 aliphatic carbocycles. The molecule has 0 unspecified atom stereocenters. The second-order valence-corrected chi connectivity index (χ2v) is 19.8. The SMILES string of the molecule is CCCCCCCCCCn1n[n+](CCCCCn2c(C)cc(=O)n(CCCCC[n+]3cc(CCCCCCCC)n(CCCCCCCCCC)n3)c2=O)cc1CCCCCCCC.[Br-].[Br-]. The summed E-state index contributed by atoms with van der Waals surface area (Å²) in [4.78, 5) is 26.7. The van der Waals surface area contributed by atoms with E-state index in [0.717, 1.165) is 83.2 Å². The van der Waals surface area contributed by atoms with E-state index in [1.54, 1.807) is 6.07 Å². The van der Waals surface area contributed by atoms with E-state index in [2.05, 4.69) is 58.8 Å². The fourth-order valence-electron chi connectivity index (χ4n) is 9.51. The Morgan fingerprint density at radius 1 is 0.403 bits per heavy atom. The van der Waals surface area contributed by atoms with Crippen LogP contribution in [0.15, 0.2) is 28.0 Å². The number of aryl methyl sites for hydroxylation is 7. The van der Waals surface area contributed by atoms with Crippen molar-refractivity contribution in [3.8, 4) is 0 Å². The van der Waals surface area contributed by atoms with Crippen LogP contribution in [-0.2, 0) is 52.1 Å². The minimum absolute atomic E-state index is 0. The summed E-state index contributed by atoms with van der Waals surface area (Å²) < 4.78 is 12.2. The first-order chi connectivity index (χ1) is 31.9. The highest BCUT2D eigenvalue weighted by molar-refractivity contribution is 5.00. The maximum Gasteiger partial charge on any atom is 0.331 e. The highest BCUT2D eigenvalue weighted by atomic mass is 79.9. The smallest absolute Gasteiger partial charge is 0.331 e. The molecule has 0 N–H and O–H groups in total. The van der Waals surface area contributed by atoms with Crippen molar-refractivity contribution in [2.75, 3.05) is 0 Å². The van der Waals surface area contributed by atoms with Gasteiger partial charge in [0.25, 0.3) is 5.56 Å². The van der Waals surface area contributed by atoms with E-state index < -0.39 is 0 Å². The molecule has 0 atom stereocenters. The standard InChI is InChI=1S/C55H102N8O2.2BrH/c1-6-10-14-18-22-24-28-38-46-62-52(40-32-26-20-16-12-8-3)49-58(56-62)42-34-30-36-44-60-51(5)48-54(64)61(55(60)65)45-37-31-35-43-59-50-53(41-33-27-21-17-13-9-4)63(57-59)47-39-29-25-23-19-15-11-7-2;;/h48-50H,6-47H2,1-5H3;2*1H/q+2;;/p-2. The fraction of sp³-hybridized carbons (Fsp3) is 0.855. The zero-order valence-corrected chi connectivity index (χ0v) is 47.3. The van der Waals surface area contributed by atoms with E-state index in [1.165, 1.54) is 196 Å². The summed E-state index contributed by atoms with van der Waals surface area (Å²) in [6, 6.07) is 1.65. The summed E-state index contributed by atoms with van der Waals surface area (Å²) in [5.74, 6) is 0. The highest BCUT2D eigenvalue weighted by Gasteiger charge is 2.18. The number of unbranched alkanes of at least 4 members (excludes halogenated alkanes) is 28. The summed E-state index contributed by atoms with van der Waals surface area (Å²) in [6.07, 6.45) is 49.5. The molecular formula is C55H102Br2N8O2. The largest absolute Gasteiger partial charge is 1.00 e. The highest BCUT2D eigenvalue weighted by Crippen LogP contribution is 2.14. The Balaban J connectivity index is 0.0000112. The molecule has 388 valence electrons. The van der Waals surface area contributed by atoms with Gasteiger partial charge in [0, 0.05) is 37.7 Å². The molecule has 0 aliphatic heterocycles. The van der Waals surface area contributed by atoms with E-state index in [-0.39, 0.29) is 45.2 Å². The van der Waals surface area contributed by atoms with Crippen molar-refractivity contribution in [3.63, 3.8) is 0 Å². The Bertz CT molecular complexity index is 1730. The molecule has 0 bridgehead atoms. The van der Waals surface area contributed by atoms with Crippen LogP contribution in [0.25, 0.3) is 0 Å². The number of rotatable bonds is 44. The quantitative estimate of drug-likeness (QED) is 0.0446. The van der Waals surface area contributed by atoms with Gasteiger partial charge in [-0.2, -0.15) is 0 Å². The molecule has 0 spiro atoms. The number of nitrogens with zero attached hydrogens (tertiary/aromatic N) is 8. The first-order valence-electron chi connectivity index (χ1n) is 28.2. The van der Waals surface area contributed by atoms with Crippen molar-refractivity contribution in [2.45, 2.75) is 305 Å². The maximum atomic E-state index is 13.6. The van der Waals surface area contributed by atoms with Crippen LogP contribution in [0.1, 0.15) is 263 Å². The van der Waals surface area contributed by atoms with E-state index in [1.807, 2.05) is 11.5 Å². The average molecular weight is 1070 g/mol. The zero-order chi connectivity index (χ0) is 46.6. The lowest BCUT2D eigenvalue weighted by molar-refractivity contribution is -0.755. The monoisotopic (exact) mass is 1060 g/mol. The lowest BCUT2D eigenvalue weighted by Gasteiger charge is -2.13. The van der Waals surface area contributed by atoms with Gasteiger partial charge in [-0.1, -0.05) is 169 Å². The van der Waals surface area contributed by atoms with E-state index in [4.69, 9.17) is 10.4 Å². The summed E-state index contributed by atoms with van der Waals surface area (Å²) >= 11 is 0. The van der Waals surface area contributed by atoms with Gasteiger partial charge in [0.05, 0.1) is 10.4 Å². The molecular weight excluding hydrogens is 964 g/mol. The van der Waals surface area contributed by atoms with Gasteiger partial charge in [-0.3, -0.25) is 13.9 Å². The molecule has 0 aliphatic rings. The minimum Gasteiger partial charge on any atom is -1.00 e. The fourth-order valence-corrected chi connectivity index (χ4v) is 9.51. The van der Waals surface area contributed by atoms with Crippen LogP contribution in [0, 0.1) is 6.92 Å². The Hall–Kier alpha value is -2.08. The van der Waals surface area contributed by atoms with Crippen LogP contribution in [-0.4, -0.2) is 28.9 Å². The molecule has 67 heavy (non-hydrogen) atoms. The van der Waals surface area contributed by atoms with Crippen molar-refractivity contribution >= 4 is 0 Å². The molecule has 0 saturated heterocycles. The molecule has 12 heteroatoms. The third-order valence-corrected chi connectivity index (χ3v) is 13.7. The van der Waals surface area contributed by atoms with Crippen molar-refractivity contribution in [1.82, 2.24) is 28.9 Å². The predicted molar refractivity (Wildman–Crippen MR) is 272 cm³/mol. The maximum absolute atomic E-state index is 13.6. The van der Waals surface area contributed by atoms with Gasteiger partial charge < -0.3 is 34.0 Å². The topological polar surface area (TPSA) is 87.4 Å². The van der Waals surface area contributed by atoms with Crippen LogP contribution in [0.2, 0.25) is 0 Å². The molecule has 0 aromatic carbocycles. The summed E-state index contributed by atoms with van der Waals surface area (Å²) in [7, 11) is 0. The lowest BCUT2D eigenvalue weighted by atomic mass is 10.1. The molecule has 0 radical (unpaired) electrons. The van der Waals surface area contributed by atoms with Crippen LogP contribution in [0.5, 0.6) is 0 Å². The Kier molecular flexibility index (Phi) is 39.2. The molecule has 10 nitrogen and oxygen atoms in total. The lowest BCUT2D eigenvalue weighted by Crippen LogP contribution is -3.00. The van der Waals surface area contributed by atoms with E-state index in [0.29, 0.717) is 13.1 Å². The Morgan fingerprint density at radius 3 is 1.10 bits per heavy atom. The van der Waals surface area contributed by atoms with Gasteiger partial charge in [-0.15, -0.1) is 18.7 Å². The van der Waals surface area contributed by atoms with Crippen LogP contribution in [0.3, 0.4) is 0 Å². The molecule has 3 rings (SSSR count). The van der Waals surface area contributed by atoms with Gasteiger partial charge in [0.15, 0.2) is 23.8 Å².